The van der Waals surface area contributed by atoms with Gasteiger partial charge in [-0.15, -0.1) is 0 Å². The number of hydrogen-bond donors (Lipinski definition) is 2. The lowest BCUT2D eigenvalue weighted by molar-refractivity contribution is 0.0636. The SMILES string of the molecule is CC(C)(C)OC(=O)Nc1cccc2c1cnn2C(C)(C)CCS(=O)(=O)O. The number of carbonyl (C=O) groups is 1. The fraction of sp³-hybridized carbons (Fsp3) is 0.529. The van der Waals surface area contributed by atoms with E-state index in [4.69, 9.17) is 9.29 Å². The van der Waals surface area contributed by atoms with Gasteiger partial charge in [-0.2, -0.15) is 13.5 Å². The largest absolute Gasteiger partial charge is 0.444 e. The highest BCUT2D eigenvalue weighted by atomic mass is 32.2. The van der Waals surface area contributed by atoms with Crippen molar-refractivity contribution in [2.45, 2.75) is 52.2 Å². The van der Waals surface area contributed by atoms with E-state index in [-0.39, 0.29) is 12.2 Å². The number of anilines is 1. The number of nitrogens with zero attached hydrogens (tertiary/aromatic N) is 2. The molecule has 2 N–H and O–H groups in total. The first-order valence-corrected chi connectivity index (χ1v) is 9.82. The van der Waals surface area contributed by atoms with Crippen molar-refractivity contribution in [2.75, 3.05) is 11.1 Å². The number of amides is 1. The van der Waals surface area contributed by atoms with E-state index in [0.29, 0.717) is 11.1 Å². The lowest BCUT2D eigenvalue weighted by atomic mass is 10.0. The molecule has 0 aliphatic carbocycles. The maximum Gasteiger partial charge on any atom is 0.412 e. The number of aromatic nitrogens is 2. The van der Waals surface area contributed by atoms with Gasteiger partial charge in [0.1, 0.15) is 5.60 Å². The number of hydrogen-bond acceptors (Lipinski definition) is 5. The normalized spacial score (nSPS) is 13.0. The zero-order chi connectivity index (χ0) is 19.8. The summed E-state index contributed by atoms with van der Waals surface area (Å²) in [5.41, 5.74) is 0.0228. The van der Waals surface area contributed by atoms with Crippen LogP contribution in [0.3, 0.4) is 0 Å². The molecule has 0 aliphatic heterocycles. The molecule has 0 fully saturated rings. The van der Waals surface area contributed by atoms with Gasteiger partial charge in [0.05, 0.1) is 28.7 Å². The first kappa shape index (κ1) is 20.2. The highest BCUT2D eigenvalue weighted by molar-refractivity contribution is 7.85. The predicted octanol–water partition coefficient (Wildman–Crippen LogP) is 3.40. The molecular weight excluding hydrogens is 358 g/mol. The molecule has 1 aromatic carbocycles. The molecule has 2 aromatic rings. The minimum Gasteiger partial charge on any atom is -0.444 e. The van der Waals surface area contributed by atoms with Crippen LogP contribution in [0.2, 0.25) is 0 Å². The van der Waals surface area contributed by atoms with Gasteiger partial charge in [0.25, 0.3) is 10.1 Å². The summed E-state index contributed by atoms with van der Waals surface area (Å²) >= 11 is 0. The molecule has 0 atom stereocenters. The number of nitrogens with one attached hydrogen (secondary N) is 1. The van der Waals surface area contributed by atoms with Crippen molar-refractivity contribution in [1.29, 1.82) is 0 Å². The van der Waals surface area contributed by atoms with Crippen LogP contribution >= 0.6 is 0 Å². The van der Waals surface area contributed by atoms with Gasteiger partial charge in [-0.3, -0.25) is 14.6 Å². The summed E-state index contributed by atoms with van der Waals surface area (Å²) in [5, 5.41) is 7.78. The third kappa shape index (κ3) is 5.18. The zero-order valence-electron chi connectivity index (χ0n) is 15.6. The number of benzene rings is 1. The molecule has 9 heteroatoms. The minimum absolute atomic E-state index is 0.187. The Labute approximate surface area is 153 Å². The van der Waals surface area contributed by atoms with Gasteiger partial charge in [-0.25, -0.2) is 4.79 Å². The molecule has 0 saturated carbocycles. The Morgan fingerprint density at radius 2 is 1.92 bits per heavy atom. The number of carbonyl (C=O) groups excluding carboxylic acids is 1. The molecule has 144 valence electrons. The van der Waals surface area contributed by atoms with Crippen LogP contribution in [-0.2, 0) is 20.4 Å². The average Bonchev–Trinajstić information content (AvgIpc) is 2.88. The molecule has 0 bridgehead atoms. The third-order valence-electron chi connectivity index (χ3n) is 3.79. The molecule has 0 saturated heterocycles. The van der Waals surface area contributed by atoms with E-state index in [1.165, 1.54) is 0 Å². The highest BCUT2D eigenvalue weighted by Crippen LogP contribution is 2.29. The smallest absolute Gasteiger partial charge is 0.412 e. The molecule has 2 rings (SSSR count). The Morgan fingerprint density at radius 1 is 1.27 bits per heavy atom. The van der Waals surface area contributed by atoms with Crippen LogP contribution in [-0.4, -0.2) is 40.2 Å². The summed E-state index contributed by atoms with van der Waals surface area (Å²) in [6, 6.07) is 5.34. The van der Waals surface area contributed by atoms with Crippen molar-refractivity contribution in [2.24, 2.45) is 0 Å². The van der Waals surface area contributed by atoms with E-state index >= 15 is 0 Å². The van der Waals surface area contributed by atoms with E-state index in [1.807, 2.05) is 19.9 Å². The van der Waals surface area contributed by atoms with Crippen LogP contribution in [0.1, 0.15) is 41.0 Å². The quantitative estimate of drug-likeness (QED) is 0.766. The molecule has 8 nitrogen and oxygen atoms in total. The van der Waals surface area contributed by atoms with Crippen molar-refractivity contribution < 1.29 is 22.5 Å². The van der Waals surface area contributed by atoms with E-state index in [1.54, 1.807) is 43.8 Å². The molecule has 0 radical (unpaired) electrons. The van der Waals surface area contributed by atoms with E-state index in [0.717, 1.165) is 5.52 Å². The molecule has 1 heterocycles. The van der Waals surface area contributed by atoms with Crippen LogP contribution in [0.25, 0.3) is 10.9 Å². The molecule has 0 unspecified atom stereocenters. The Balaban J connectivity index is 2.32. The first-order chi connectivity index (χ1) is 11.8. The number of rotatable bonds is 5. The van der Waals surface area contributed by atoms with Crippen molar-refractivity contribution in [3.05, 3.63) is 24.4 Å². The molecule has 26 heavy (non-hydrogen) atoms. The Morgan fingerprint density at radius 3 is 2.50 bits per heavy atom. The number of ether oxygens (including phenoxy) is 1. The van der Waals surface area contributed by atoms with Crippen LogP contribution in [0, 0.1) is 0 Å². The molecule has 0 aliphatic rings. The second-order valence-electron chi connectivity index (χ2n) is 7.77. The summed E-state index contributed by atoms with van der Waals surface area (Å²) in [6.45, 7) is 9.01. The standard InChI is InChI=1S/C17H25N3O5S/c1-16(2,3)25-15(21)19-13-7-6-8-14-12(13)11-18-20(14)17(4,5)9-10-26(22,23)24/h6-8,11H,9-10H2,1-5H3,(H,19,21)(H,22,23,24). The Hall–Kier alpha value is -2.13. The molecule has 1 amide bonds. The summed E-state index contributed by atoms with van der Waals surface area (Å²) in [7, 11) is -4.06. The minimum atomic E-state index is -4.06. The van der Waals surface area contributed by atoms with Gasteiger partial charge in [0, 0.05) is 5.39 Å². The second-order valence-corrected chi connectivity index (χ2v) is 9.34. The molecular formula is C17H25N3O5S. The third-order valence-corrected chi connectivity index (χ3v) is 4.51. The lowest BCUT2D eigenvalue weighted by Crippen LogP contribution is -2.30. The highest BCUT2D eigenvalue weighted by Gasteiger charge is 2.26. The topological polar surface area (TPSA) is 111 Å². The maximum absolute atomic E-state index is 12.0. The summed E-state index contributed by atoms with van der Waals surface area (Å²) in [4.78, 5) is 12.0. The van der Waals surface area contributed by atoms with Crippen LogP contribution in [0.4, 0.5) is 10.5 Å². The zero-order valence-corrected chi connectivity index (χ0v) is 16.4. The molecule has 1 aromatic heterocycles. The average molecular weight is 383 g/mol. The van der Waals surface area contributed by atoms with Crippen molar-refractivity contribution in [1.82, 2.24) is 9.78 Å². The van der Waals surface area contributed by atoms with E-state index < -0.39 is 27.4 Å². The van der Waals surface area contributed by atoms with Gasteiger partial charge in [0.15, 0.2) is 0 Å². The maximum atomic E-state index is 12.0. The second kappa shape index (κ2) is 6.88. The van der Waals surface area contributed by atoms with E-state index in [2.05, 4.69) is 10.4 Å². The van der Waals surface area contributed by atoms with Crippen LogP contribution in [0.15, 0.2) is 24.4 Å². The van der Waals surface area contributed by atoms with Crippen molar-refractivity contribution in [3.63, 3.8) is 0 Å². The van der Waals surface area contributed by atoms with Crippen LogP contribution < -0.4 is 5.32 Å². The fourth-order valence-corrected chi connectivity index (χ4v) is 3.30. The monoisotopic (exact) mass is 383 g/mol. The summed E-state index contributed by atoms with van der Waals surface area (Å²) in [5.74, 6) is -0.364. The summed E-state index contributed by atoms with van der Waals surface area (Å²) < 4.78 is 38.1. The van der Waals surface area contributed by atoms with Gasteiger partial charge >= 0.3 is 6.09 Å². The Bertz CT molecular complexity index is 910. The predicted molar refractivity (Wildman–Crippen MR) is 99.9 cm³/mol. The van der Waals surface area contributed by atoms with Gasteiger partial charge in [0.2, 0.25) is 0 Å². The lowest BCUT2D eigenvalue weighted by Gasteiger charge is -2.26. The van der Waals surface area contributed by atoms with Crippen molar-refractivity contribution >= 4 is 32.8 Å². The fourth-order valence-electron chi connectivity index (χ4n) is 2.54. The van der Waals surface area contributed by atoms with E-state index in [9.17, 15) is 13.2 Å². The Kier molecular flexibility index (Phi) is 5.34. The summed E-state index contributed by atoms with van der Waals surface area (Å²) in [6.07, 6.45) is 1.23. The van der Waals surface area contributed by atoms with Gasteiger partial charge in [-0.1, -0.05) is 6.07 Å². The van der Waals surface area contributed by atoms with Gasteiger partial charge < -0.3 is 4.74 Å². The van der Waals surface area contributed by atoms with Gasteiger partial charge in [-0.05, 0) is 53.2 Å². The van der Waals surface area contributed by atoms with Crippen LogP contribution in [0.5, 0.6) is 0 Å². The first-order valence-electron chi connectivity index (χ1n) is 8.21. The molecule has 0 spiro atoms. The van der Waals surface area contributed by atoms with Crippen molar-refractivity contribution in [3.8, 4) is 0 Å². The number of fused-ring (bicyclic) bond motifs is 1.